The molecule has 9 heteroatoms. The number of sulfonamides is 1. The van der Waals surface area contributed by atoms with E-state index in [0.29, 0.717) is 6.07 Å². The minimum atomic E-state index is -4.30. The second kappa shape index (κ2) is 4.50. The topological polar surface area (TPSA) is 90.0 Å². The fourth-order valence-corrected chi connectivity index (χ4v) is 2.56. The third kappa shape index (κ3) is 2.65. The smallest absolute Gasteiger partial charge is 0.266 e. The molecule has 3 N–H and O–H groups in total. The molecule has 0 aliphatic carbocycles. The lowest BCUT2D eigenvalue weighted by molar-refractivity contribution is 0.486. The monoisotopic (exact) mass is 288 g/mol. The maximum absolute atomic E-state index is 13.5. The Hall–Kier alpha value is -2.16. The third-order valence-electron chi connectivity index (χ3n) is 2.26. The van der Waals surface area contributed by atoms with Crippen molar-refractivity contribution >= 4 is 21.5 Å². The van der Waals surface area contributed by atoms with Crippen LogP contribution in [-0.2, 0) is 17.1 Å². The van der Waals surface area contributed by atoms with Crippen LogP contribution in [0.1, 0.15) is 0 Å². The molecule has 102 valence electrons. The maximum atomic E-state index is 13.5. The second-order valence-electron chi connectivity index (χ2n) is 3.79. The van der Waals surface area contributed by atoms with E-state index in [1.54, 1.807) is 7.05 Å². The zero-order valence-corrected chi connectivity index (χ0v) is 10.6. The predicted molar refractivity (Wildman–Crippen MR) is 64.8 cm³/mol. The highest BCUT2D eigenvalue weighted by atomic mass is 32.2. The van der Waals surface area contributed by atoms with Gasteiger partial charge in [0.25, 0.3) is 10.0 Å². The van der Waals surface area contributed by atoms with Crippen LogP contribution in [0.2, 0.25) is 0 Å². The van der Waals surface area contributed by atoms with E-state index >= 15 is 0 Å². The van der Waals surface area contributed by atoms with Gasteiger partial charge in [0, 0.05) is 25.0 Å². The molecule has 0 saturated heterocycles. The number of nitrogens with zero attached hydrogens (tertiary/aromatic N) is 2. The molecule has 6 nitrogen and oxygen atoms in total. The van der Waals surface area contributed by atoms with Crippen LogP contribution in [0.4, 0.5) is 20.3 Å². The van der Waals surface area contributed by atoms with Crippen LogP contribution in [0.3, 0.4) is 0 Å². The van der Waals surface area contributed by atoms with Crippen molar-refractivity contribution in [1.29, 1.82) is 0 Å². The zero-order valence-electron chi connectivity index (χ0n) is 9.76. The minimum Gasteiger partial charge on any atom is -0.399 e. The number of hydrogen-bond donors (Lipinski definition) is 2. The first-order valence-corrected chi connectivity index (χ1v) is 6.55. The summed E-state index contributed by atoms with van der Waals surface area (Å²) in [6.45, 7) is 0. The van der Waals surface area contributed by atoms with E-state index < -0.39 is 26.6 Å². The number of anilines is 2. The summed E-state index contributed by atoms with van der Waals surface area (Å²) in [5.74, 6) is -2.83. The molecule has 0 aliphatic rings. The van der Waals surface area contributed by atoms with Gasteiger partial charge < -0.3 is 5.73 Å². The summed E-state index contributed by atoms with van der Waals surface area (Å²) in [5.41, 5.74) is 5.11. The molecule has 1 heterocycles. The summed E-state index contributed by atoms with van der Waals surface area (Å²) >= 11 is 0. The molecular weight excluding hydrogens is 278 g/mol. The van der Waals surface area contributed by atoms with Gasteiger partial charge in [-0.1, -0.05) is 0 Å². The molecule has 0 fully saturated rings. The molecule has 1 aromatic heterocycles. The lowest BCUT2D eigenvalue weighted by Gasteiger charge is -2.08. The Morgan fingerprint density at radius 3 is 2.63 bits per heavy atom. The summed E-state index contributed by atoms with van der Waals surface area (Å²) in [5, 5.41) is 3.77. The van der Waals surface area contributed by atoms with Gasteiger partial charge in [0.1, 0.15) is 4.90 Å². The highest BCUT2D eigenvalue weighted by Gasteiger charge is 2.23. The highest BCUT2D eigenvalue weighted by Crippen LogP contribution is 2.22. The summed E-state index contributed by atoms with van der Waals surface area (Å²) in [6.07, 6.45) is 1.49. The van der Waals surface area contributed by atoms with Gasteiger partial charge in [-0.05, 0) is 12.1 Å². The van der Waals surface area contributed by atoms with Crippen LogP contribution in [0.15, 0.2) is 29.3 Å². The average molecular weight is 288 g/mol. The third-order valence-corrected chi connectivity index (χ3v) is 3.61. The van der Waals surface area contributed by atoms with Gasteiger partial charge >= 0.3 is 0 Å². The van der Waals surface area contributed by atoms with Crippen molar-refractivity contribution < 1.29 is 17.2 Å². The number of hydrogen-bond acceptors (Lipinski definition) is 4. The molecule has 0 saturated carbocycles. The molecule has 19 heavy (non-hydrogen) atoms. The Morgan fingerprint density at radius 2 is 2.05 bits per heavy atom. The average Bonchev–Trinajstić information content (AvgIpc) is 2.68. The number of rotatable bonds is 3. The van der Waals surface area contributed by atoms with Crippen molar-refractivity contribution in [3.8, 4) is 0 Å². The van der Waals surface area contributed by atoms with E-state index in [1.165, 1.54) is 16.9 Å². The number of benzene rings is 1. The van der Waals surface area contributed by atoms with E-state index in [9.17, 15) is 17.2 Å². The van der Waals surface area contributed by atoms with E-state index in [2.05, 4.69) is 5.10 Å². The number of aryl methyl sites for hydroxylation is 1. The molecule has 2 aromatic rings. The summed E-state index contributed by atoms with van der Waals surface area (Å²) in [7, 11) is -2.71. The van der Waals surface area contributed by atoms with Gasteiger partial charge in [-0.2, -0.15) is 5.10 Å². The molecule has 0 amide bonds. The van der Waals surface area contributed by atoms with Crippen molar-refractivity contribution in [2.75, 3.05) is 10.5 Å². The lowest BCUT2D eigenvalue weighted by Crippen LogP contribution is -2.16. The first-order valence-electron chi connectivity index (χ1n) is 5.06. The predicted octanol–water partition coefficient (Wildman–Crippen LogP) is 1.08. The first-order chi connectivity index (χ1) is 8.79. The normalized spacial score (nSPS) is 11.5. The second-order valence-corrected chi connectivity index (χ2v) is 5.45. The van der Waals surface area contributed by atoms with Gasteiger partial charge in [-0.25, -0.2) is 17.2 Å². The fourth-order valence-electron chi connectivity index (χ4n) is 1.44. The number of aromatic nitrogens is 2. The fraction of sp³-hybridized carbons (Fsp3) is 0.100. The number of halogens is 2. The van der Waals surface area contributed by atoms with Crippen LogP contribution in [0, 0.1) is 11.6 Å². The first kappa shape index (κ1) is 13.3. The van der Waals surface area contributed by atoms with Crippen LogP contribution in [0.25, 0.3) is 0 Å². The maximum Gasteiger partial charge on any atom is 0.266 e. The molecule has 2 rings (SSSR count). The Bertz CT molecular complexity index is 727. The van der Waals surface area contributed by atoms with Gasteiger partial charge in [0.15, 0.2) is 17.5 Å². The van der Waals surface area contributed by atoms with Crippen LogP contribution in [0.5, 0.6) is 0 Å². The van der Waals surface area contributed by atoms with Crippen LogP contribution < -0.4 is 10.5 Å². The van der Waals surface area contributed by atoms with Crippen LogP contribution in [-0.4, -0.2) is 18.2 Å². The summed E-state index contributed by atoms with van der Waals surface area (Å²) in [6, 6.07) is 2.91. The van der Waals surface area contributed by atoms with E-state index in [0.717, 1.165) is 6.07 Å². The van der Waals surface area contributed by atoms with E-state index in [1.807, 2.05) is 4.72 Å². The zero-order chi connectivity index (χ0) is 14.2. The van der Waals surface area contributed by atoms with Gasteiger partial charge in [-0.15, -0.1) is 0 Å². The highest BCUT2D eigenvalue weighted by molar-refractivity contribution is 7.92. The van der Waals surface area contributed by atoms with Gasteiger partial charge in [0.05, 0.1) is 0 Å². The van der Waals surface area contributed by atoms with E-state index in [4.69, 9.17) is 5.73 Å². The molecule has 0 radical (unpaired) electrons. The van der Waals surface area contributed by atoms with Crippen molar-refractivity contribution in [2.45, 2.75) is 4.90 Å². The standard InChI is InChI=1S/C10H10F2N4O2S/c1-16-3-2-9(14-16)15-19(17,18)8-5-6(13)4-7(11)10(8)12/h2-5H,13H2,1H3,(H,14,15). The molecule has 0 aliphatic heterocycles. The minimum absolute atomic E-state index is 0.00951. The number of nitrogens with two attached hydrogens (primary N) is 1. The Labute approximate surface area is 107 Å². The largest absolute Gasteiger partial charge is 0.399 e. The van der Waals surface area contributed by atoms with Crippen molar-refractivity contribution in [3.05, 3.63) is 36.0 Å². The molecular formula is C10H10F2N4O2S. The molecule has 0 spiro atoms. The molecule has 0 unspecified atom stereocenters. The SMILES string of the molecule is Cn1ccc(NS(=O)(=O)c2cc(N)cc(F)c2F)n1. The van der Waals surface area contributed by atoms with Crippen molar-refractivity contribution in [1.82, 2.24) is 9.78 Å². The van der Waals surface area contributed by atoms with Gasteiger partial charge in [-0.3, -0.25) is 9.40 Å². The van der Waals surface area contributed by atoms with Crippen LogP contribution >= 0.6 is 0 Å². The number of nitrogen functional groups attached to an aromatic ring is 1. The van der Waals surface area contributed by atoms with Crippen molar-refractivity contribution in [3.63, 3.8) is 0 Å². The Kier molecular flexibility index (Phi) is 3.14. The van der Waals surface area contributed by atoms with E-state index in [-0.39, 0.29) is 11.5 Å². The Balaban J connectivity index is 2.45. The summed E-state index contributed by atoms with van der Waals surface area (Å²) in [4.78, 5) is -0.865. The molecule has 0 bridgehead atoms. The van der Waals surface area contributed by atoms with Gasteiger partial charge in [0.2, 0.25) is 0 Å². The lowest BCUT2D eigenvalue weighted by atomic mass is 10.3. The Morgan fingerprint density at radius 1 is 1.37 bits per heavy atom. The number of nitrogens with one attached hydrogen (secondary N) is 1. The molecule has 1 aromatic carbocycles. The summed E-state index contributed by atoms with van der Waals surface area (Å²) < 4.78 is 53.9. The quantitative estimate of drug-likeness (QED) is 0.827. The van der Waals surface area contributed by atoms with Crippen molar-refractivity contribution in [2.24, 2.45) is 7.05 Å². The molecule has 0 atom stereocenters.